The Kier molecular flexibility index (Phi) is 4.61. The third-order valence-electron chi connectivity index (χ3n) is 4.00. The van der Waals surface area contributed by atoms with Crippen LogP contribution < -0.4 is 5.32 Å². The number of alkyl halides is 1. The van der Waals surface area contributed by atoms with Gasteiger partial charge in [0.15, 0.2) is 0 Å². The molecule has 2 rings (SSSR count). The van der Waals surface area contributed by atoms with Gasteiger partial charge in [-0.3, -0.25) is 9.78 Å². The topological polar surface area (TPSA) is 42.0 Å². The van der Waals surface area contributed by atoms with Crippen LogP contribution in [0, 0.1) is 12.8 Å². The van der Waals surface area contributed by atoms with Gasteiger partial charge < -0.3 is 5.32 Å². The summed E-state index contributed by atoms with van der Waals surface area (Å²) in [7, 11) is 0. The second kappa shape index (κ2) is 6.04. The van der Waals surface area contributed by atoms with Crippen molar-refractivity contribution >= 4 is 21.8 Å². The highest BCUT2D eigenvalue weighted by Crippen LogP contribution is 2.33. The van der Waals surface area contributed by atoms with Crippen molar-refractivity contribution in [3.05, 3.63) is 29.6 Å². The van der Waals surface area contributed by atoms with Gasteiger partial charge in [0.05, 0.1) is 11.1 Å². The first-order chi connectivity index (χ1) is 9.04. The molecule has 1 amide bonds. The average molecular weight is 325 g/mol. The van der Waals surface area contributed by atoms with Crippen molar-refractivity contribution in [3.8, 4) is 0 Å². The van der Waals surface area contributed by atoms with Crippen molar-refractivity contribution in [2.75, 3.05) is 5.33 Å². The molecule has 0 aromatic carbocycles. The molecular weight excluding hydrogens is 304 g/mol. The number of pyridine rings is 1. The third-order valence-corrected chi connectivity index (χ3v) is 5.08. The van der Waals surface area contributed by atoms with Gasteiger partial charge in [0.1, 0.15) is 0 Å². The van der Waals surface area contributed by atoms with Crippen LogP contribution in [0.2, 0.25) is 0 Å². The Morgan fingerprint density at radius 2 is 2.16 bits per heavy atom. The smallest absolute Gasteiger partial charge is 0.253 e. The van der Waals surface area contributed by atoms with Gasteiger partial charge in [-0.2, -0.15) is 0 Å². The molecule has 1 heterocycles. The molecule has 1 aliphatic carbocycles. The molecular formula is C15H21BrN2O. The molecule has 1 saturated carbocycles. The van der Waals surface area contributed by atoms with E-state index in [2.05, 4.69) is 33.2 Å². The largest absolute Gasteiger partial charge is 0.346 e. The molecule has 1 aromatic rings. The fourth-order valence-electron chi connectivity index (χ4n) is 2.60. The van der Waals surface area contributed by atoms with Crippen LogP contribution in [0.4, 0.5) is 0 Å². The lowest BCUT2D eigenvalue weighted by Gasteiger charge is -2.39. The van der Waals surface area contributed by atoms with Gasteiger partial charge in [-0.25, -0.2) is 0 Å². The Balaban J connectivity index is 2.08. The molecule has 3 nitrogen and oxygen atoms in total. The number of halogens is 1. The minimum absolute atomic E-state index is 0.00907. The van der Waals surface area contributed by atoms with Crippen LogP contribution in [-0.4, -0.2) is 21.8 Å². The van der Waals surface area contributed by atoms with Crippen molar-refractivity contribution in [1.82, 2.24) is 10.3 Å². The van der Waals surface area contributed by atoms with E-state index in [1.54, 1.807) is 12.4 Å². The van der Waals surface area contributed by atoms with E-state index < -0.39 is 0 Å². The normalized spacial score (nSPS) is 27.0. The fourth-order valence-corrected chi connectivity index (χ4v) is 3.30. The number of aryl methyl sites for hydroxylation is 1. The standard InChI is InChI=1S/C15H21BrN2O/c1-11-3-5-15(10-16,6-4-11)18-14(19)13-7-12(2)8-17-9-13/h7-9,11H,3-6,10H2,1-2H3,(H,18,19). The van der Waals surface area contributed by atoms with Crippen LogP contribution in [0.1, 0.15) is 48.5 Å². The molecule has 1 aliphatic rings. The van der Waals surface area contributed by atoms with Gasteiger partial charge in [0.25, 0.3) is 5.91 Å². The predicted octanol–water partition coefficient (Wildman–Crippen LogP) is 3.46. The summed E-state index contributed by atoms with van der Waals surface area (Å²) in [6, 6.07) is 1.88. The summed E-state index contributed by atoms with van der Waals surface area (Å²) in [5, 5.41) is 4.04. The van der Waals surface area contributed by atoms with E-state index in [9.17, 15) is 4.79 Å². The van der Waals surface area contributed by atoms with E-state index in [1.165, 1.54) is 12.8 Å². The summed E-state index contributed by atoms with van der Waals surface area (Å²) < 4.78 is 0. The van der Waals surface area contributed by atoms with Crippen molar-refractivity contribution < 1.29 is 4.79 Å². The summed E-state index contributed by atoms with van der Waals surface area (Å²) in [4.78, 5) is 16.4. The molecule has 19 heavy (non-hydrogen) atoms. The van der Waals surface area contributed by atoms with Crippen molar-refractivity contribution in [2.45, 2.75) is 45.1 Å². The highest BCUT2D eigenvalue weighted by molar-refractivity contribution is 9.09. The van der Waals surface area contributed by atoms with E-state index in [-0.39, 0.29) is 11.4 Å². The zero-order valence-corrected chi connectivity index (χ0v) is 13.2. The Hall–Kier alpha value is -0.900. The minimum Gasteiger partial charge on any atom is -0.346 e. The maximum Gasteiger partial charge on any atom is 0.253 e. The molecule has 1 fully saturated rings. The van der Waals surface area contributed by atoms with E-state index in [0.29, 0.717) is 5.56 Å². The van der Waals surface area contributed by atoms with Gasteiger partial charge in [0, 0.05) is 17.7 Å². The quantitative estimate of drug-likeness (QED) is 0.865. The highest BCUT2D eigenvalue weighted by Gasteiger charge is 2.34. The zero-order valence-electron chi connectivity index (χ0n) is 11.6. The molecule has 0 atom stereocenters. The number of nitrogens with zero attached hydrogens (tertiary/aromatic N) is 1. The predicted molar refractivity (Wildman–Crippen MR) is 80.6 cm³/mol. The lowest BCUT2D eigenvalue weighted by molar-refractivity contribution is 0.0874. The zero-order chi connectivity index (χ0) is 13.9. The summed E-state index contributed by atoms with van der Waals surface area (Å²) in [6.07, 6.45) is 7.85. The number of carbonyl (C=O) groups excluding carboxylic acids is 1. The molecule has 1 aromatic heterocycles. The van der Waals surface area contributed by atoms with Gasteiger partial charge in [-0.1, -0.05) is 22.9 Å². The number of hydrogen-bond donors (Lipinski definition) is 1. The van der Waals surface area contributed by atoms with Crippen LogP contribution in [0.15, 0.2) is 18.5 Å². The minimum atomic E-state index is -0.0899. The van der Waals surface area contributed by atoms with Crippen LogP contribution in [0.5, 0.6) is 0 Å². The van der Waals surface area contributed by atoms with Gasteiger partial charge in [0.2, 0.25) is 0 Å². The molecule has 0 unspecified atom stereocenters. The second-order valence-electron chi connectivity index (χ2n) is 5.80. The SMILES string of the molecule is Cc1cncc(C(=O)NC2(CBr)CCC(C)CC2)c1. The lowest BCUT2D eigenvalue weighted by Crippen LogP contribution is -2.52. The van der Waals surface area contributed by atoms with Gasteiger partial charge in [-0.05, 0) is 50.2 Å². The number of nitrogens with one attached hydrogen (secondary N) is 1. The maximum absolute atomic E-state index is 12.3. The Bertz CT molecular complexity index is 453. The monoisotopic (exact) mass is 324 g/mol. The number of aromatic nitrogens is 1. The summed E-state index contributed by atoms with van der Waals surface area (Å²) in [6.45, 7) is 4.23. The summed E-state index contributed by atoms with van der Waals surface area (Å²) in [5.41, 5.74) is 1.57. The number of carbonyl (C=O) groups is 1. The molecule has 104 valence electrons. The first-order valence-electron chi connectivity index (χ1n) is 6.85. The Morgan fingerprint density at radius 1 is 1.47 bits per heavy atom. The molecule has 1 N–H and O–H groups in total. The first-order valence-corrected chi connectivity index (χ1v) is 7.97. The van der Waals surface area contributed by atoms with Gasteiger partial charge >= 0.3 is 0 Å². The van der Waals surface area contributed by atoms with Crippen LogP contribution >= 0.6 is 15.9 Å². The summed E-state index contributed by atoms with van der Waals surface area (Å²) in [5.74, 6) is 0.759. The lowest BCUT2D eigenvalue weighted by atomic mass is 9.78. The highest BCUT2D eigenvalue weighted by atomic mass is 79.9. The Morgan fingerprint density at radius 3 is 2.74 bits per heavy atom. The number of hydrogen-bond acceptors (Lipinski definition) is 2. The second-order valence-corrected chi connectivity index (χ2v) is 6.36. The first kappa shape index (κ1) is 14.5. The van der Waals surface area contributed by atoms with Crippen LogP contribution in [0.3, 0.4) is 0 Å². The molecule has 0 aliphatic heterocycles. The van der Waals surface area contributed by atoms with Gasteiger partial charge in [-0.15, -0.1) is 0 Å². The van der Waals surface area contributed by atoms with E-state index in [0.717, 1.165) is 29.7 Å². The van der Waals surface area contributed by atoms with E-state index in [1.807, 2.05) is 13.0 Å². The van der Waals surface area contributed by atoms with E-state index in [4.69, 9.17) is 0 Å². The summed E-state index contributed by atoms with van der Waals surface area (Å²) >= 11 is 3.57. The molecule has 0 radical (unpaired) electrons. The number of rotatable bonds is 3. The third kappa shape index (κ3) is 3.56. The fraction of sp³-hybridized carbons (Fsp3) is 0.600. The van der Waals surface area contributed by atoms with Crippen molar-refractivity contribution in [2.24, 2.45) is 5.92 Å². The van der Waals surface area contributed by atoms with Crippen LogP contribution in [-0.2, 0) is 0 Å². The van der Waals surface area contributed by atoms with Crippen molar-refractivity contribution in [1.29, 1.82) is 0 Å². The van der Waals surface area contributed by atoms with E-state index >= 15 is 0 Å². The number of amides is 1. The molecule has 0 bridgehead atoms. The average Bonchev–Trinajstić information content (AvgIpc) is 2.42. The van der Waals surface area contributed by atoms with Crippen molar-refractivity contribution in [3.63, 3.8) is 0 Å². The Labute approximate surface area is 123 Å². The molecule has 0 saturated heterocycles. The maximum atomic E-state index is 12.3. The molecule has 4 heteroatoms. The van der Waals surface area contributed by atoms with Crippen LogP contribution in [0.25, 0.3) is 0 Å². The molecule has 0 spiro atoms.